The first-order valence-electron chi connectivity index (χ1n) is 5.40. The number of hydrogen-bond donors (Lipinski definition) is 2. The predicted molar refractivity (Wildman–Crippen MR) is 65.8 cm³/mol. The first kappa shape index (κ1) is 10.9. The van der Waals surface area contributed by atoms with Gasteiger partial charge in [0.05, 0.1) is 0 Å². The van der Waals surface area contributed by atoms with Gasteiger partial charge in [0.25, 0.3) is 0 Å². The predicted octanol–water partition coefficient (Wildman–Crippen LogP) is 2.53. The number of pyridine rings is 1. The molecule has 1 aliphatic carbocycles. The minimum Gasteiger partial charge on any atom is -0.366 e. The minimum absolute atomic E-state index is 0.263. The largest absolute Gasteiger partial charge is 0.366 e. The molecular formula is C11H16BrN3. The van der Waals surface area contributed by atoms with Crippen molar-refractivity contribution >= 4 is 21.7 Å². The maximum absolute atomic E-state index is 6.06. The molecule has 0 bridgehead atoms. The van der Waals surface area contributed by atoms with Crippen molar-refractivity contribution in [2.45, 2.75) is 37.8 Å². The first-order valence-corrected chi connectivity index (χ1v) is 6.20. The van der Waals surface area contributed by atoms with Crippen molar-refractivity contribution in [1.82, 2.24) is 4.98 Å². The fourth-order valence-electron chi connectivity index (χ4n) is 2.02. The maximum atomic E-state index is 6.06. The third-order valence-corrected chi connectivity index (χ3v) is 3.31. The van der Waals surface area contributed by atoms with Crippen LogP contribution >= 0.6 is 15.9 Å². The number of anilines is 1. The Balaban J connectivity index is 2.01. The van der Waals surface area contributed by atoms with Crippen molar-refractivity contribution in [3.8, 4) is 0 Å². The van der Waals surface area contributed by atoms with Gasteiger partial charge in [0.2, 0.25) is 0 Å². The standard InChI is InChI=1S/C11H16BrN3/c12-10-6-3-7-11(15-10)14-9-5-2-1-4-8(9)13/h3,6-9H,1-2,4-5,13H2,(H,14,15). The zero-order valence-electron chi connectivity index (χ0n) is 8.62. The fraction of sp³-hybridized carbons (Fsp3) is 0.545. The van der Waals surface area contributed by atoms with Gasteiger partial charge in [0.15, 0.2) is 0 Å². The van der Waals surface area contributed by atoms with E-state index in [1.807, 2.05) is 18.2 Å². The number of hydrogen-bond acceptors (Lipinski definition) is 3. The van der Waals surface area contributed by atoms with Crippen molar-refractivity contribution in [1.29, 1.82) is 0 Å². The second kappa shape index (κ2) is 4.94. The Morgan fingerprint density at radius 1 is 1.33 bits per heavy atom. The molecule has 2 rings (SSSR count). The molecule has 2 unspecified atom stereocenters. The fourth-order valence-corrected chi connectivity index (χ4v) is 2.36. The molecule has 0 aromatic carbocycles. The molecule has 3 N–H and O–H groups in total. The van der Waals surface area contributed by atoms with Gasteiger partial charge in [-0.3, -0.25) is 0 Å². The third-order valence-electron chi connectivity index (χ3n) is 2.87. The van der Waals surface area contributed by atoms with Gasteiger partial charge in [-0.05, 0) is 40.9 Å². The number of nitrogens with zero attached hydrogens (tertiary/aromatic N) is 1. The molecule has 3 nitrogen and oxygen atoms in total. The topological polar surface area (TPSA) is 50.9 Å². The summed E-state index contributed by atoms with van der Waals surface area (Å²) >= 11 is 3.36. The molecule has 1 saturated carbocycles. The van der Waals surface area contributed by atoms with Crippen molar-refractivity contribution in [3.05, 3.63) is 22.8 Å². The lowest BCUT2D eigenvalue weighted by Gasteiger charge is -2.29. The number of nitrogens with two attached hydrogens (primary N) is 1. The van der Waals surface area contributed by atoms with Crippen LogP contribution in [-0.4, -0.2) is 17.1 Å². The SMILES string of the molecule is NC1CCCCC1Nc1cccc(Br)n1. The van der Waals surface area contributed by atoms with Crippen molar-refractivity contribution in [2.75, 3.05) is 5.32 Å². The summed E-state index contributed by atoms with van der Waals surface area (Å²) in [4.78, 5) is 4.35. The second-order valence-corrected chi connectivity index (χ2v) is 4.86. The molecule has 1 heterocycles. The number of halogens is 1. The first-order chi connectivity index (χ1) is 7.25. The second-order valence-electron chi connectivity index (χ2n) is 4.04. The zero-order valence-corrected chi connectivity index (χ0v) is 10.2. The average Bonchev–Trinajstić information content (AvgIpc) is 2.22. The summed E-state index contributed by atoms with van der Waals surface area (Å²) < 4.78 is 0.858. The molecule has 1 fully saturated rings. The highest BCUT2D eigenvalue weighted by atomic mass is 79.9. The molecular weight excluding hydrogens is 254 g/mol. The molecule has 1 aromatic rings. The lowest BCUT2D eigenvalue weighted by Crippen LogP contribution is -2.42. The zero-order chi connectivity index (χ0) is 10.7. The van der Waals surface area contributed by atoms with Crippen molar-refractivity contribution in [2.24, 2.45) is 5.73 Å². The van der Waals surface area contributed by atoms with E-state index in [4.69, 9.17) is 5.73 Å². The van der Waals surface area contributed by atoms with Crippen LogP contribution in [0.5, 0.6) is 0 Å². The Hall–Kier alpha value is -0.610. The third kappa shape index (κ3) is 2.92. The van der Waals surface area contributed by atoms with Gasteiger partial charge < -0.3 is 11.1 Å². The Labute approximate surface area is 98.6 Å². The van der Waals surface area contributed by atoms with Crippen LogP contribution in [0.3, 0.4) is 0 Å². The van der Waals surface area contributed by atoms with Crippen LogP contribution in [0.1, 0.15) is 25.7 Å². The summed E-state index contributed by atoms with van der Waals surface area (Å²) in [5.41, 5.74) is 6.06. The van der Waals surface area contributed by atoms with E-state index in [9.17, 15) is 0 Å². The van der Waals surface area contributed by atoms with E-state index >= 15 is 0 Å². The van der Waals surface area contributed by atoms with Gasteiger partial charge in [-0.1, -0.05) is 18.9 Å². The molecule has 1 aromatic heterocycles. The highest BCUT2D eigenvalue weighted by Crippen LogP contribution is 2.20. The van der Waals surface area contributed by atoms with Crippen molar-refractivity contribution in [3.63, 3.8) is 0 Å². The Bertz CT molecular complexity index is 329. The van der Waals surface area contributed by atoms with Crippen LogP contribution in [0.15, 0.2) is 22.8 Å². The Morgan fingerprint density at radius 2 is 2.13 bits per heavy atom. The summed E-state index contributed by atoms with van der Waals surface area (Å²) in [6.45, 7) is 0. The Kier molecular flexibility index (Phi) is 3.59. The van der Waals surface area contributed by atoms with E-state index < -0.39 is 0 Å². The van der Waals surface area contributed by atoms with Gasteiger partial charge in [-0.25, -0.2) is 4.98 Å². The number of aromatic nitrogens is 1. The van der Waals surface area contributed by atoms with Gasteiger partial charge in [-0.2, -0.15) is 0 Å². The smallest absolute Gasteiger partial charge is 0.127 e. The van der Waals surface area contributed by atoms with E-state index in [-0.39, 0.29) is 6.04 Å². The van der Waals surface area contributed by atoms with Crippen LogP contribution in [0.4, 0.5) is 5.82 Å². The van der Waals surface area contributed by atoms with Crippen LogP contribution in [0, 0.1) is 0 Å². The van der Waals surface area contributed by atoms with Gasteiger partial charge in [-0.15, -0.1) is 0 Å². The molecule has 0 amide bonds. The van der Waals surface area contributed by atoms with Crippen LogP contribution in [0.25, 0.3) is 0 Å². The summed E-state index contributed by atoms with van der Waals surface area (Å²) in [7, 11) is 0. The number of nitrogens with one attached hydrogen (secondary N) is 1. The molecule has 0 saturated heterocycles. The van der Waals surface area contributed by atoms with E-state index in [1.54, 1.807) is 0 Å². The maximum Gasteiger partial charge on any atom is 0.127 e. The minimum atomic E-state index is 0.263. The van der Waals surface area contributed by atoms with Gasteiger partial charge in [0.1, 0.15) is 10.4 Å². The molecule has 0 aliphatic heterocycles. The van der Waals surface area contributed by atoms with E-state index in [2.05, 4.69) is 26.2 Å². The molecule has 0 spiro atoms. The normalized spacial score (nSPS) is 26.3. The summed E-state index contributed by atoms with van der Waals surface area (Å²) in [5, 5.41) is 3.41. The van der Waals surface area contributed by atoms with E-state index in [0.717, 1.165) is 23.3 Å². The van der Waals surface area contributed by atoms with Crippen LogP contribution in [-0.2, 0) is 0 Å². The van der Waals surface area contributed by atoms with Gasteiger partial charge >= 0.3 is 0 Å². The molecule has 0 radical (unpaired) electrons. The van der Waals surface area contributed by atoms with Gasteiger partial charge in [0, 0.05) is 12.1 Å². The molecule has 2 atom stereocenters. The van der Waals surface area contributed by atoms with E-state index in [0.29, 0.717) is 6.04 Å². The lowest BCUT2D eigenvalue weighted by molar-refractivity contribution is 0.403. The quantitative estimate of drug-likeness (QED) is 0.812. The van der Waals surface area contributed by atoms with Crippen LogP contribution < -0.4 is 11.1 Å². The highest BCUT2D eigenvalue weighted by Gasteiger charge is 2.21. The molecule has 1 aliphatic rings. The van der Waals surface area contributed by atoms with Crippen LogP contribution in [0.2, 0.25) is 0 Å². The highest BCUT2D eigenvalue weighted by molar-refractivity contribution is 9.10. The Morgan fingerprint density at radius 3 is 2.87 bits per heavy atom. The molecule has 4 heteroatoms. The molecule has 15 heavy (non-hydrogen) atoms. The summed E-state index contributed by atoms with van der Waals surface area (Å²) in [6, 6.07) is 6.52. The monoisotopic (exact) mass is 269 g/mol. The average molecular weight is 270 g/mol. The molecule has 82 valence electrons. The van der Waals surface area contributed by atoms with Crippen molar-refractivity contribution < 1.29 is 0 Å². The summed E-state index contributed by atoms with van der Waals surface area (Å²) in [5.74, 6) is 0.909. The van der Waals surface area contributed by atoms with E-state index in [1.165, 1.54) is 12.8 Å². The summed E-state index contributed by atoms with van der Waals surface area (Å²) in [6.07, 6.45) is 4.78. The number of rotatable bonds is 2. The lowest BCUT2D eigenvalue weighted by atomic mass is 9.91.